The van der Waals surface area contributed by atoms with E-state index < -0.39 is 0 Å². The molecule has 1 aliphatic rings. The van der Waals surface area contributed by atoms with Crippen molar-refractivity contribution in [2.24, 2.45) is 0 Å². The summed E-state index contributed by atoms with van der Waals surface area (Å²) in [6.45, 7) is 6.37. The molecule has 1 aliphatic carbocycles. The van der Waals surface area contributed by atoms with Crippen LogP contribution < -0.4 is 10.6 Å². The molecule has 0 atom stereocenters. The topological polar surface area (TPSA) is 59.1 Å². The molecule has 5 heteroatoms. The molecule has 0 radical (unpaired) electrons. The molecule has 0 bridgehead atoms. The Kier molecular flexibility index (Phi) is 6.05. The van der Waals surface area contributed by atoms with Gasteiger partial charge in [-0.1, -0.05) is 19.3 Å². The second-order valence-corrected chi connectivity index (χ2v) is 5.31. The van der Waals surface area contributed by atoms with Crippen molar-refractivity contribution in [3.8, 4) is 0 Å². The molecule has 0 amide bonds. The number of hydrogen-bond donors (Lipinski definition) is 2. The minimum absolute atomic E-state index is 0.468. The quantitative estimate of drug-likeness (QED) is 0.751. The van der Waals surface area contributed by atoms with Crippen LogP contribution in [0.15, 0.2) is 6.07 Å². The lowest BCUT2D eigenvalue weighted by atomic mass is 9.98. The smallest absolute Gasteiger partial charge is 0.224 e. The van der Waals surface area contributed by atoms with Gasteiger partial charge in [0.25, 0.3) is 0 Å². The summed E-state index contributed by atoms with van der Waals surface area (Å²) < 4.78 is 5.89. The van der Waals surface area contributed by atoms with Crippen LogP contribution in [0.1, 0.15) is 44.7 Å². The van der Waals surface area contributed by atoms with Gasteiger partial charge < -0.3 is 15.4 Å². The number of aromatic nitrogens is 2. The van der Waals surface area contributed by atoms with E-state index in [4.69, 9.17) is 4.74 Å². The van der Waals surface area contributed by atoms with Gasteiger partial charge in [-0.15, -0.1) is 0 Å². The number of aryl methyl sites for hydroxylation is 1. The summed E-state index contributed by atoms with van der Waals surface area (Å²) in [6.07, 6.45) is 6.90. The number of nitrogens with one attached hydrogen (secondary N) is 2. The maximum Gasteiger partial charge on any atom is 0.224 e. The van der Waals surface area contributed by atoms with E-state index in [2.05, 4.69) is 20.6 Å². The summed E-state index contributed by atoms with van der Waals surface area (Å²) in [5.41, 5.74) is 0.964. The Hall–Kier alpha value is -1.36. The van der Waals surface area contributed by atoms with Crippen LogP contribution in [-0.4, -0.2) is 35.8 Å². The van der Waals surface area contributed by atoms with E-state index in [0.717, 1.165) is 31.2 Å². The zero-order valence-electron chi connectivity index (χ0n) is 12.6. The molecule has 1 aromatic heterocycles. The number of ether oxygens (including phenoxy) is 1. The van der Waals surface area contributed by atoms with Crippen molar-refractivity contribution in [2.45, 2.75) is 52.1 Å². The molecule has 20 heavy (non-hydrogen) atoms. The van der Waals surface area contributed by atoms with E-state index in [-0.39, 0.29) is 0 Å². The molecule has 5 nitrogen and oxygen atoms in total. The van der Waals surface area contributed by atoms with Crippen LogP contribution in [0.3, 0.4) is 0 Å². The standard InChI is InChI=1S/C15H26N4O/c1-3-16-15-18-12(2)11-14(19-15)17-9-10-20-13-7-5-4-6-8-13/h11,13H,3-10H2,1-2H3,(H2,16,17,18,19). The van der Waals surface area contributed by atoms with E-state index in [1.54, 1.807) is 0 Å². The van der Waals surface area contributed by atoms with Crippen LogP contribution in [0.4, 0.5) is 11.8 Å². The van der Waals surface area contributed by atoms with Crippen molar-refractivity contribution in [1.82, 2.24) is 9.97 Å². The molecule has 1 heterocycles. The third-order valence-electron chi connectivity index (χ3n) is 3.50. The molecular formula is C15H26N4O. The Bertz CT molecular complexity index is 405. The van der Waals surface area contributed by atoms with Crippen molar-refractivity contribution in [1.29, 1.82) is 0 Å². The first-order valence-corrected chi connectivity index (χ1v) is 7.73. The van der Waals surface area contributed by atoms with Crippen molar-refractivity contribution in [3.05, 3.63) is 11.8 Å². The van der Waals surface area contributed by atoms with Crippen LogP contribution >= 0.6 is 0 Å². The third kappa shape index (κ3) is 4.96. The first-order chi connectivity index (χ1) is 9.78. The molecule has 112 valence electrons. The van der Waals surface area contributed by atoms with Crippen molar-refractivity contribution in [2.75, 3.05) is 30.3 Å². The summed E-state index contributed by atoms with van der Waals surface area (Å²) >= 11 is 0. The lowest BCUT2D eigenvalue weighted by Gasteiger charge is -2.22. The maximum absolute atomic E-state index is 5.89. The van der Waals surface area contributed by atoms with E-state index in [9.17, 15) is 0 Å². The molecule has 0 aromatic carbocycles. The van der Waals surface area contributed by atoms with Gasteiger partial charge in [-0.2, -0.15) is 4.98 Å². The molecule has 1 saturated carbocycles. The molecule has 0 aliphatic heterocycles. The fourth-order valence-corrected chi connectivity index (χ4v) is 2.53. The van der Waals surface area contributed by atoms with Crippen LogP contribution in [0.2, 0.25) is 0 Å². The Morgan fingerprint density at radius 3 is 2.75 bits per heavy atom. The van der Waals surface area contributed by atoms with E-state index in [1.807, 2.05) is 19.9 Å². The van der Waals surface area contributed by atoms with Gasteiger partial charge in [-0.25, -0.2) is 4.98 Å². The Labute approximate surface area is 121 Å². The zero-order chi connectivity index (χ0) is 14.2. The Balaban J connectivity index is 1.72. The van der Waals surface area contributed by atoms with Crippen LogP contribution in [0.5, 0.6) is 0 Å². The van der Waals surface area contributed by atoms with Gasteiger partial charge in [0.05, 0.1) is 12.7 Å². The van der Waals surface area contributed by atoms with Crippen LogP contribution in [0, 0.1) is 6.92 Å². The third-order valence-corrected chi connectivity index (χ3v) is 3.50. The van der Waals surface area contributed by atoms with Crippen molar-refractivity contribution < 1.29 is 4.74 Å². The van der Waals surface area contributed by atoms with E-state index in [0.29, 0.717) is 12.1 Å². The van der Waals surface area contributed by atoms with Gasteiger partial charge in [0.2, 0.25) is 5.95 Å². The Morgan fingerprint density at radius 2 is 2.00 bits per heavy atom. The van der Waals surface area contributed by atoms with Gasteiger partial charge in [0.15, 0.2) is 0 Å². The highest BCUT2D eigenvalue weighted by molar-refractivity contribution is 5.41. The van der Waals surface area contributed by atoms with Gasteiger partial charge >= 0.3 is 0 Å². The first kappa shape index (κ1) is 15.0. The van der Waals surface area contributed by atoms with Gasteiger partial charge in [-0.3, -0.25) is 0 Å². The molecular weight excluding hydrogens is 252 g/mol. The monoisotopic (exact) mass is 278 g/mol. The minimum atomic E-state index is 0.468. The molecule has 0 unspecified atom stereocenters. The fourth-order valence-electron chi connectivity index (χ4n) is 2.53. The normalized spacial score (nSPS) is 16.1. The summed E-state index contributed by atoms with van der Waals surface area (Å²) in [5, 5.41) is 6.45. The predicted octanol–water partition coefficient (Wildman–Crippen LogP) is 2.98. The number of anilines is 2. The van der Waals surface area contributed by atoms with Gasteiger partial charge in [-0.05, 0) is 26.7 Å². The SMILES string of the molecule is CCNc1nc(C)cc(NCCOC2CCCCC2)n1. The summed E-state index contributed by atoms with van der Waals surface area (Å²) in [7, 11) is 0. The maximum atomic E-state index is 5.89. The van der Waals surface area contributed by atoms with E-state index in [1.165, 1.54) is 32.1 Å². The summed E-state index contributed by atoms with van der Waals surface area (Å²) in [4.78, 5) is 8.75. The molecule has 0 saturated heterocycles. The lowest BCUT2D eigenvalue weighted by Crippen LogP contribution is -2.21. The van der Waals surface area contributed by atoms with Crippen LogP contribution in [-0.2, 0) is 4.74 Å². The molecule has 2 N–H and O–H groups in total. The fraction of sp³-hybridized carbons (Fsp3) is 0.733. The molecule has 1 fully saturated rings. The summed E-state index contributed by atoms with van der Waals surface area (Å²) in [5.74, 6) is 1.55. The number of hydrogen-bond acceptors (Lipinski definition) is 5. The largest absolute Gasteiger partial charge is 0.376 e. The second kappa shape index (κ2) is 8.04. The summed E-state index contributed by atoms with van der Waals surface area (Å²) in [6, 6.07) is 1.96. The highest BCUT2D eigenvalue weighted by Crippen LogP contribution is 2.20. The highest BCUT2D eigenvalue weighted by Gasteiger charge is 2.13. The lowest BCUT2D eigenvalue weighted by molar-refractivity contribution is 0.0347. The molecule has 0 spiro atoms. The zero-order valence-corrected chi connectivity index (χ0v) is 12.6. The van der Waals surface area contributed by atoms with Crippen molar-refractivity contribution in [3.63, 3.8) is 0 Å². The predicted molar refractivity (Wildman–Crippen MR) is 82.2 cm³/mol. The van der Waals surface area contributed by atoms with E-state index >= 15 is 0 Å². The first-order valence-electron chi connectivity index (χ1n) is 7.73. The number of nitrogens with zero attached hydrogens (tertiary/aromatic N) is 2. The second-order valence-electron chi connectivity index (χ2n) is 5.31. The number of rotatable bonds is 7. The Morgan fingerprint density at radius 1 is 1.20 bits per heavy atom. The van der Waals surface area contributed by atoms with Gasteiger partial charge in [0, 0.05) is 24.8 Å². The minimum Gasteiger partial charge on any atom is -0.376 e. The molecule has 2 rings (SSSR count). The van der Waals surface area contributed by atoms with Gasteiger partial charge in [0.1, 0.15) is 5.82 Å². The average molecular weight is 278 g/mol. The average Bonchev–Trinajstić information content (AvgIpc) is 2.45. The molecule has 1 aromatic rings. The van der Waals surface area contributed by atoms with Crippen LogP contribution in [0.25, 0.3) is 0 Å². The van der Waals surface area contributed by atoms with Crippen molar-refractivity contribution >= 4 is 11.8 Å². The highest BCUT2D eigenvalue weighted by atomic mass is 16.5.